The molecule has 0 unspecified atom stereocenters. The highest BCUT2D eigenvalue weighted by Gasteiger charge is 2.14. The summed E-state index contributed by atoms with van der Waals surface area (Å²) in [5.74, 6) is 0.0400. The van der Waals surface area contributed by atoms with Gasteiger partial charge in [0.05, 0.1) is 18.3 Å². The SMILES string of the molecule is COC[C@@H](C)N=C1NNC(c2ccc(O)cc2O)=CS1. The maximum absolute atomic E-state index is 9.80. The number of benzene rings is 1. The van der Waals surface area contributed by atoms with Crippen molar-refractivity contribution < 1.29 is 14.9 Å². The molecule has 0 spiro atoms. The quantitative estimate of drug-likeness (QED) is 0.675. The first-order valence-corrected chi connectivity index (χ1v) is 6.96. The number of hydrogen-bond donors (Lipinski definition) is 4. The Morgan fingerprint density at radius 3 is 2.75 bits per heavy atom. The first-order valence-electron chi connectivity index (χ1n) is 6.08. The van der Waals surface area contributed by atoms with Crippen molar-refractivity contribution >= 4 is 22.6 Å². The Bertz CT molecular complexity index is 546. The summed E-state index contributed by atoms with van der Waals surface area (Å²) in [6.45, 7) is 2.52. The van der Waals surface area contributed by atoms with Crippen molar-refractivity contribution in [3.63, 3.8) is 0 Å². The maximum Gasteiger partial charge on any atom is 0.180 e. The Labute approximate surface area is 121 Å². The van der Waals surface area contributed by atoms with Gasteiger partial charge in [0.2, 0.25) is 0 Å². The van der Waals surface area contributed by atoms with Crippen molar-refractivity contribution in [1.82, 2.24) is 10.9 Å². The van der Waals surface area contributed by atoms with Crippen LogP contribution in [0.1, 0.15) is 12.5 Å². The average Bonchev–Trinajstić information content (AvgIpc) is 2.40. The number of methoxy groups -OCH3 is 1. The van der Waals surface area contributed by atoms with Gasteiger partial charge in [-0.25, -0.2) is 0 Å². The summed E-state index contributed by atoms with van der Waals surface area (Å²) in [6.07, 6.45) is 0. The first-order chi connectivity index (χ1) is 9.60. The minimum atomic E-state index is 0.0132. The third-order valence-corrected chi connectivity index (χ3v) is 3.39. The molecule has 0 radical (unpaired) electrons. The van der Waals surface area contributed by atoms with E-state index < -0.39 is 0 Å². The Hall–Kier alpha value is -1.86. The van der Waals surface area contributed by atoms with Crippen LogP contribution < -0.4 is 10.9 Å². The molecule has 6 nitrogen and oxygen atoms in total. The molecule has 0 aliphatic carbocycles. The van der Waals surface area contributed by atoms with E-state index >= 15 is 0 Å². The molecule has 0 amide bonds. The maximum atomic E-state index is 9.80. The van der Waals surface area contributed by atoms with E-state index in [4.69, 9.17) is 4.74 Å². The zero-order valence-electron chi connectivity index (χ0n) is 11.3. The number of nitrogens with one attached hydrogen (secondary N) is 2. The van der Waals surface area contributed by atoms with Crippen LogP contribution in [-0.2, 0) is 4.74 Å². The average molecular weight is 295 g/mol. The molecule has 1 aliphatic heterocycles. The lowest BCUT2D eigenvalue weighted by atomic mass is 10.1. The van der Waals surface area contributed by atoms with Crippen LogP contribution in [0.25, 0.3) is 5.70 Å². The van der Waals surface area contributed by atoms with Gasteiger partial charge in [-0.1, -0.05) is 11.8 Å². The van der Waals surface area contributed by atoms with Crippen molar-refractivity contribution in [2.45, 2.75) is 13.0 Å². The summed E-state index contributed by atoms with van der Waals surface area (Å²) >= 11 is 1.42. The van der Waals surface area contributed by atoms with Crippen molar-refractivity contribution in [2.24, 2.45) is 4.99 Å². The van der Waals surface area contributed by atoms with E-state index in [2.05, 4.69) is 15.8 Å². The lowest BCUT2D eigenvalue weighted by Gasteiger charge is -2.20. The zero-order chi connectivity index (χ0) is 14.5. The number of aliphatic imine (C=N–C) groups is 1. The van der Waals surface area contributed by atoms with E-state index in [1.165, 1.54) is 23.9 Å². The van der Waals surface area contributed by atoms with Crippen LogP contribution in [0.4, 0.5) is 0 Å². The summed E-state index contributed by atoms with van der Waals surface area (Å²) in [5.41, 5.74) is 7.25. The van der Waals surface area contributed by atoms with Gasteiger partial charge in [0.25, 0.3) is 0 Å². The largest absolute Gasteiger partial charge is 0.508 e. The van der Waals surface area contributed by atoms with Gasteiger partial charge in [0.1, 0.15) is 11.5 Å². The topological polar surface area (TPSA) is 86.1 Å². The molecule has 108 valence electrons. The van der Waals surface area contributed by atoms with Crippen molar-refractivity contribution in [2.75, 3.05) is 13.7 Å². The van der Waals surface area contributed by atoms with Crippen LogP contribution in [0.5, 0.6) is 11.5 Å². The van der Waals surface area contributed by atoms with E-state index in [-0.39, 0.29) is 17.5 Å². The number of thioether (sulfide) groups is 1. The molecule has 0 aromatic heterocycles. The number of hydrogen-bond acceptors (Lipinski definition) is 6. The smallest absolute Gasteiger partial charge is 0.180 e. The molecule has 4 N–H and O–H groups in total. The summed E-state index contributed by atoms with van der Waals surface area (Å²) in [7, 11) is 1.64. The number of ether oxygens (including phenoxy) is 1. The highest BCUT2D eigenvalue weighted by atomic mass is 32.2. The highest BCUT2D eigenvalue weighted by molar-refractivity contribution is 8.16. The molecule has 1 aliphatic rings. The number of rotatable bonds is 4. The highest BCUT2D eigenvalue weighted by Crippen LogP contribution is 2.29. The van der Waals surface area contributed by atoms with Gasteiger partial charge in [-0.3, -0.25) is 15.8 Å². The Morgan fingerprint density at radius 1 is 1.35 bits per heavy atom. The molecule has 20 heavy (non-hydrogen) atoms. The fraction of sp³-hybridized carbons (Fsp3) is 0.308. The Balaban J connectivity index is 2.09. The number of phenols is 2. The number of phenolic OH excluding ortho intramolecular Hbond substituents is 2. The lowest BCUT2D eigenvalue weighted by molar-refractivity contribution is 0.186. The minimum Gasteiger partial charge on any atom is -0.508 e. The second-order valence-corrected chi connectivity index (χ2v) is 5.20. The molecule has 1 atom stereocenters. The molecule has 1 aromatic carbocycles. The van der Waals surface area contributed by atoms with Crippen LogP contribution in [0.3, 0.4) is 0 Å². The van der Waals surface area contributed by atoms with Crippen molar-refractivity contribution in [3.05, 3.63) is 29.2 Å². The molecule has 2 rings (SSSR count). The molecule has 0 fully saturated rings. The predicted octanol–water partition coefficient (Wildman–Crippen LogP) is 1.63. The molecular formula is C13H17N3O3S. The molecule has 7 heteroatoms. The van der Waals surface area contributed by atoms with E-state index in [1.54, 1.807) is 13.2 Å². The summed E-state index contributed by atoms with van der Waals surface area (Å²) < 4.78 is 5.03. The van der Waals surface area contributed by atoms with Gasteiger partial charge in [-0.05, 0) is 19.1 Å². The van der Waals surface area contributed by atoms with Crippen LogP contribution in [0.2, 0.25) is 0 Å². The third-order valence-electron chi connectivity index (χ3n) is 2.61. The third kappa shape index (κ3) is 3.58. The van der Waals surface area contributed by atoms with Crippen LogP contribution >= 0.6 is 11.8 Å². The van der Waals surface area contributed by atoms with Crippen molar-refractivity contribution in [1.29, 1.82) is 0 Å². The molecule has 0 bridgehead atoms. The monoisotopic (exact) mass is 295 g/mol. The second-order valence-electron chi connectivity index (χ2n) is 4.34. The number of amidine groups is 1. The van der Waals surface area contributed by atoms with E-state index in [0.29, 0.717) is 17.9 Å². The molecule has 1 heterocycles. The van der Waals surface area contributed by atoms with Gasteiger partial charge in [0.15, 0.2) is 5.17 Å². The van der Waals surface area contributed by atoms with Gasteiger partial charge in [0, 0.05) is 24.1 Å². The fourth-order valence-electron chi connectivity index (χ4n) is 1.71. The Kier molecular flexibility index (Phi) is 4.75. The Morgan fingerprint density at radius 2 is 2.15 bits per heavy atom. The minimum absolute atomic E-state index is 0.0132. The predicted molar refractivity (Wildman–Crippen MR) is 80.4 cm³/mol. The molecule has 0 saturated heterocycles. The van der Waals surface area contributed by atoms with Gasteiger partial charge >= 0.3 is 0 Å². The number of hydrazine groups is 1. The van der Waals surface area contributed by atoms with E-state index in [0.717, 1.165) is 5.17 Å². The standard InChI is InChI=1S/C13H17N3O3S/c1-8(6-19-2)14-13-16-15-11(7-20-13)10-4-3-9(17)5-12(10)18/h3-5,7-8,15,17-18H,6H2,1-2H3,(H,14,16)/t8-/m1/s1. The summed E-state index contributed by atoms with van der Waals surface area (Å²) in [5, 5.41) is 21.7. The fourth-order valence-corrected chi connectivity index (χ4v) is 2.48. The van der Waals surface area contributed by atoms with E-state index in [1.807, 2.05) is 12.3 Å². The second kappa shape index (κ2) is 6.53. The van der Waals surface area contributed by atoms with Crippen molar-refractivity contribution in [3.8, 4) is 11.5 Å². The van der Waals surface area contributed by atoms with Crippen LogP contribution in [0, 0.1) is 0 Å². The first kappa shape index (κ1) is 14.5. The normalized spacial score (nSPS) is 18.1. The van der Waals surface area contributed by atoms with Gasteiger partial charge in [-0.15, -0.1) is 0 Å². The lowest BCUT2D eigenvalue weighted by Crippen LogP contribution is -2.37. The molecule has 1 aromatic rings. The van der Waals surface area contributed by atoms with E-state index in [9.17, 15) is 10.2 Å². The summed E-state index contributed by atoms with van der Waals surface area (Å²) in [4.78, 5) is 4.42. The molecule has 0 saturated carbocycles. The van der Waals surface area contributed by atoms with Gasteiger partial charge in [-0.2, -0.15) is 0 Å². The number of nitrogens with zero attached hydrogens (tertiary/aromatic N) is 1. The zero-order valence-corrected chi connectivity index (χ0v) is 12.1. The van der Waals surface area contributed by atoms with Crippen LogP contribution in [0.15, 0.2) is 28.6 Å². The number of aromatic hydroxyl groups is 2. The van der Waals surface area contributed by atoms with Crippen LogP contribution in [-0.4, -0.2) is 35.1 Å². The van der Waals surface area contributed by atoms with Gasteiger partial charge < -0.3 is 14.9 Å². The molecular weight excluding hydrogens is 278 g/mol. The summed E-state index contributed by atoms with van der Waals surface area (Å²) in [6, 6.07) is 4.52.